The molecule has 2 aliphatic heterocycles. The zero-order valence-corrected chi connectivity index (χ0v) is 22.6. The Bertz CT molecular complexity index is 1100. The summed E-state index contributed by atoms with van der Waals surface area (Å²) in [5.74, 6) is 1.68. The Hall–Kier alpha value is -3.17. The number of rotatable bonds is 10. The van der Waals surface area contributed by atoms with E-state index in [-0.39, 0.29) is 18.2 Å². The largest absolute Gasteiger partial charge is 0.497 e. The number of anilines is 2. The highest BCUT2D eigenvalue weighted by Gasteiger charge is 2.44. The van der Waals surface area contributed by atoms with E-state index >= 15 is 0 Å². The van der Waals surface area contributed by atoms with Crippen LogP contribution in [0.1, 0.15) is 33.1 Å². The summed E-state index contributed by atoms with van der Waals surface area (Å²) in [4.78, 5) is 32.6. The molecule has 2 aromatic carbocycles. The lowest BCUT2D eigenvalue weighted by Crippen LogP contribution is -2.44. The molecule has 4 rings (SSSR count). The van der Waals surface area contributed by atoms with E-state index in [1.807, 2.05) is 42.2 Å². The van der Waals surface area contributed by atoms with Gasteiger partial charge in [0.05, 0.1) is 25.8 Å². The zero-order chi connectivity index (χ0) is 26.4. The van der Waals surface area contributed by atoms with Crippen LogP contribution in [0.25, 0.3) is 0 Å². The molecule has 0 aromatic heterocycles. The van der Waals surface area contributed by atoms with Crippen molar-refractivity contribution in [2.75, 3.05) is 50.1 Å². The van der Waals surface area contributed by atoms with E-state index < -0.39 is 6.04 Å². The molecule has 0 bridgehead atoms. The van der Waals surface area contributed by atoms with Gasteiger partial charge in [0, 0.05) is 24.8 Å². The van der Waals surface area contributed by atoms with E-state index in [9.17, 15) is 9.59 Å². The Balaban J connectivity index is 1.49. The molecule has 8 nitrogen and oxygen atoms in total. The molecule has 2 aromatic rings. The van der Waals surface area contributed by atoms with Crippen LogP contribution in [-0.4, -0.2) is 72.7 Å². The minimum absolute atomic E-state index is 0.00366. The summed E-state index contributed by atoms with van der Waals surface area (Å²) in [6.07, 6.45) is 2.35. The minimum Gasteiger partial charge on any atom is -0.497 e. The van der Waals surface area contributed by atoms with Crippen molar-refractivity contribution in [3.63, 3.8) is 0 Å². The van der Waals surface area contributed by atoms with Crippen molar-refractivity contribution in [2.24, 2.45) is 5.92 Å². The molecule has 2 heterocycles. The summed E-state index contributed by atoms with van der Waals surface area (Å²) in [5.41, 5.74) is 1.29. The molecule has 9 heteroatoms. The smallest absolute Gasteiger partial charge is 0.256 e. The lowest BCUT2D eigenvalue weighted by molar-refractivity contribution is -0.124. The average molecular weight is 525 g/mol. The number of hydrogen-bond acceptors (Lipinski definition) is 6. The molecular formula is C28H36N4O4S. The third kappa shape index (κ3) is 6.59. The monoisotopic (exact) mass is 524 g/mol. The fourth-order valence-electron chi connectivity index (χ4n) is 4.80. The number of methoxy groups -OCH3 is 1. The lowest BCUT2D eigenvalue weighted by atomic mass is 9.99. The van der Waals surface area contributed by atoms with Crippen molar-refractivity contribution in [3.05, 3.63) is 48.5 Å². The van der Waals surface area contributed by atoms with Crippen LogP contribution in [0, 0.1) is 5.92 Å². The molecular weight excluding hydrogens is 488 g/mol. The van der Waals surface area contributed by atoms with Gasteiger partial charge in [0.25, 0.3) is 5.91 Å². The number of benzene rings is 2. The molecule has 2 amide bonds. The van der Waals surface area contributed by atoms with Crippen molar-refractivity contribution < 1.29 is 19.1 Å². The maximum Gasteiger partial charge on any atom is 0.256 e. The first-order chi connectivity index (χ1) is 17.9. The first kappa shape index (κ1) is 26.9. The number of ether oxygens (including phenoxy) is 2. The van der Waals surface area contributed by atoms with E-state index in [1.54, 1.807) is 25.3 Å². The molecule has 2 fully saturated rings. The lowest BCUT2D eigenvalue weighted by Gasteiger charge is -2.32. The van der Waals surface area contributed by atoms with Crippen LogP contribution < -0.4 is 19.7 Å². The predicted octanol–water partition coefficient (Wildman–Crippen LogP) is 4.16. The maximum absolute atomic E-state index is 13.7. The van der Waals surface area contributed by atoms with Gasteiger partial charge in [0.15, 0.2) is 5.11 Å². The summed E-state index contributed by atoms with van der Waals surface area (Å²) >= 11 is 5.81. The number of piperidine rings is 1. The second-order valence-electron chi connectivity index (χ2n) is 9.60. The van der Waals surface area contributed by atoms with Crippen LogP contribution in [0.3, 0.4) is 0 Å². The molecule has 2 saturated heterocycles. The van der Waals surface area contributed by atoms with Gasteiger partial charge in [-0.3, -0.25) is 14.5 Å². The van der Waals surface area contributed by atoms with Crippen LogP contribution in [0.5, 0.6) is 11.5 Å². The van der Waals surface area contributed by atoms with Crippen LogP contribution in [0.4, 0.5) is 11.4 Å². The normalized spacial score (nSPS) is 18.8. The fraction of sp³-hybridized carbons (Fsp3) is 0.464. The van der Waals surface area contributed by atoms with Crippen molar-refractivity contribution >= 4 is 40.5 Å². The Morgan fingerprint density at radius 1 is 1.08 bits per heavy atom. The molecule has 0 saturated carbocycles. The van der Waals surface area contributed by atoms with Gasteiger partial charge in [-0.15, -0.1) is 0 Å². The number of likely N-dealkylation sites (tertiary alicyclic amines) is 1. The van der Waals surface area contributed by atoms with Gasteiger partial charge in [-0.25, -0.2) is 0 Å². The van der Waals surface area contributed by atoms with Gasteiger partial charge in [-0.05, 0) is 87.4 Å². The number of nitrogens with one attached hydrogen (secondary N) is 1. The number of amides is 2. The highest BCUT2D eigenvalue weighted by molar-refractivity contribution is 7.80. The third-order valence-electron chi connectivity index (χ3n) is 6.99. The zero-order valence-electron chi connectivity index (χ0n) is 21.8. The van der Waals surface area contributed by atoms with Crippen molar-refractivity contribution in [2.45, 2.75) is 39.2 Å². The topological polar surface area (TPSA) is 74.3 Å². The van der Waals surface area contributed by atoms with Crippen LogP contribution in [0.2, 0.25) is 0 Å². The third-order valence-corrected chi connectivity index (χ3v) is 7.41. The Labute approximate surface area is 224 Å². The van der Waals surface area contributed by atoms with Gasteiger partial charge in [-0.1, -0.05) is 13.0 Å². The van der Waals surface area contributed by atoms with Gasteiger partial charge in [-0.2, -0.15) is 0 Å². The quantitative estimate of drug-likeness (QED) is 0.468. The number of nitrogens with zero attached hydrogens (tertiary/aromatic N) is 3. The number of thiocarbonyl (C=S) groups is 1. The molecule has 0 spiro atoms. The van der Waals surface area contributed by atoms with E-state index in [0.29, 0.717) is 35.4 Å². The van der Waals surface area contributed by atoms with E-state index in [2.05, 4.69) is 17.1 Å². The predicted molar refractivity (Wildman–Crippen MR) is 149 cm³/mol. The summed E-state index contributed by atoms with van der Waals surface area (Å²) in [6, 6.07) is 13.8. The van der Waals surface area contributed by atoms with Crippen LogP contribution in [-0.2, 0) is 9.59 Å². The van der Waals surface area contributed by atoms with Gasteiger partial charge >= 0.3 is 0 Å². The average Bonchev–Trinajstić information content (AvgIpc) is 3.13. The highest BCUT2D eigenvalue weighted by Crippen LogP contribution is 2.30. The molecule has 1 N–H and O–H groups in total. The fourth-order valence-corrected chi connectivity index (χ4v) is 5.21. The molecule has 2 aliphatic rings. The van der Waals surface area contributed by atoms with Crippen molar-refractivity contribution in [1.82, 2.24) is 9.80 Å². The molecule has 0 radical (unpaired) electrons. The summed E-state index contributed by atoms with van der Waals surface area (Å²) in [5, 5.41) is 3.33. The molecule has 198 valence electrons. The number of hydrogen-bond donors (Lipinski definition) is 1. The summed E-state index contributed by atoms with van der Waals surface area (Å²) in [7, 11) is 1.59. The van der Waals surface area contributed by atoms with Crippen molar-refractivity contribution in [1.29, 1.82) is 0 Å². The van der Waals surface area contributed by atoms with Gasteiger partial charge in [0.1, 0.15) is 17.5 Å². The van der Waals surface area contributed by atoms with E-state index in [4.69, 9.17) is 21.7 Å². The van der Waals surface area contributed by atoms with E-state index in [1.165, 1.54) is 17.7 Å². The Kier molecular flexibility index (Phi) is 9.00. The standard InChI is InChI=1S/C28H36N4O4S/c1-4-36-23-10-8-21(9-11-23)29-26(33)19-25-27(34)32(22-6-5-7-24(18-22)35-3)28(37)31(25)17-16-30-14-12-20(2)13-15-30/h5-11,18,20,25H,4,12-17,19H2,1-3H3,(H,29,33)/t25-/m0/s1. The first-order valence-corrected chi connectivity index (χ1v) is 13.3. The molecule has 0 aliphatic carbocycles. The second-order valence-corrected chi connectivity index (χ2v) is 9.97. The van der Waals surface area contributed by atoms with Crippen LogP contribution >= 0.6 is 12.2 Å². The summed E-state index contributed by atoms with van der Waals surface area (Å²) < 4.78 is 10.8. The van der Waals surface area contributed by atoms with Gasteiger partial charge in [0.2, 0.25) is 5.91 Å². The Morgan fingerprint density at radius 3 is 2.49 bits per heavy atom. The summed E-state index contributed by atoms with van der Waals surface area (Å²) in [6.45, 7) is 8.24. The highest BCUT2D eigenvalue weighted by atomic mass is 32.1. The van der Waals surface area contributed by atoms with Crippen LogP contribution in [0.15, 0.2) is 48.5 Å². The maximum atomic E-state index is 13.7. The molecule has 1 atom stereocenters. The first-order valence-electron chi connectivity index (χ1n) is 12.9. The minimum atomic E-state index is -0.676. The Morgan fingerprint density at radius 2 is 1.81 bits per heavy atom. The van der Waals surface area contributed by atoms with Gasteiger partial charge < -0.3 is 24.6 Å². The number of carbonyl (C=O) groups is 2. The SMILES string of the molecule is CCOc1ccc(NC(=O)C[C@H]2C(=O)N(c3cccc(OC)c3)C(=S)N2CCN2CCC(C)CC2)cc1. The number of carbonyl (C=O) groups excluding carboxylic acids is 2. The second kappa shape index (κ2) is 12.4. The molecule has 0 unspecified atom stereocenters. The van der Waals surface area contributed by atoms with E-state index in [0.717, 1.165) is 31.3 Å². The molecule has 37 heavy (non-hydrogen) atoms. The van der Waals surface area contributed by atoms with Crippen molar-refractivity contribution in [3.8, 4) is 11.5 Å².